The molecule has 3 aliphatic rings. The van der Waals surface area contributed by atoms with Gasteiger partial charge in [-0.3, -0.25) is 0 Å². The Morgan fingerprint density at radius 1 is 0.935 bits per heavy atom. The standard InChI is InChI=1S/C28H24N2S/c1-16-27(2)22-24-26(28(16,3)25(22)27)30-23-20(29-24)15-31-21(23)14-19(17-10-6-4-7-11-17)18-12-8-5-9-13-18/h4-16,22,25H,1-3H3. The van der Waals surface area contributed by atoms with Gasteiger partial charge in [0.05, 0.1) is 16.3 Å². The van der Waals surface area contributed by atoms with Crippen molar-refractivity contribution in [3.05, 3.63) is 93.4 Å². The molecule has 2 aromatic heterocycles. The fourth-order valence-corrected chi connectivity index (χ4v) is 7.85. The molecule has 2 aromatic carbocycles. The van der Waals surface area contributed by atoms with Gasteiger partial charge in [-0.05, 0) is 40.0 Å². The lowest BCUT2D eigenvalue weighted by Crippen LogP contribution is -2.50. The summed E-state index contributed by atoms with van der Waals surface area (Å²) >= 11 is 1.76. The monoisotopic (exact) mass is 420 g/mol. The zero-order valence-corrected chi connectivity index (χ0v) is 18.8. The van der Waals surface area contributed by atoms with Gasteiger partial charge in [-0.15, -0.1) is 11.3 Å². The van der Waals surface area contributed by atoms with E-state index >= 15 is 0 Å². The SMILES string of the molecule is CC1C2(C)c3nc4c(C=C(c5ccccc5)c5ccccc5)scc4nc3C3C2C31C. The molecule has 5 atom stereocenters. The predicted molar refractivity (Wildman–Crippen MR) is 128 cm³/mol. The Hall–Kier alpha value is -2.78. The van der Waals surface area contributed by atoms with E-state index in [1.165, 1.54) is 33.0 Å². The highest BCUT2D eigenvalue weighted by Crippen LogP contribution is 2.90. The Morgan fingerprint density at radius 2 is 1.58 bits per heavy atom. The topological polar surface area (TPSA) is 25.8 Å². The minimum atomic E-state index is 0.209. The van der Waals surface area contributed by atoms with Crippen LogP contribution >= 0.6 is 11.3 Å². The van der Waals surface area contributed by atoms with Gasteiger partial charge < -0.3 is 0 Å². The highest BCUT2D eigenvalue weighted by molar-refractivity contribution is 7.12. The van der Waals surface area contributed by atoms with Crippen LogP contribution in [0.25, 0.3) is 22.7 Å². The van der Waals surface area contributed by atoms with Crippen LogP contribution in [0.2, 0.25) is 0 Å². The maximum absolute atomic E-state index is 5.31. The molecule has 0 N–H and O–H groups in total. The quantitative estimate of drug-likeness (QED) is 0.359. The number of aromatic nitrogens is 2. The fourth-order valence-electron chi connectivity index (χ4n) is 7.00. The highest BCUT2D eigenvalue weighted by Gasteiger charge is 2.87. The van der Waals surface area contributed by atoms with E-state index in [0.717, 1.165) is 17.0 Å². The molecule has 2 fully saturated rings. The number of rotatable bonds is 3. The number of nitrogens with zero attached hydrogens (tertiary/aromatic N) is 2. The summed E-state index contributed by atoms with van der Waals surface area (Å²) in [6.45, 7) is 7.30. The molecule has 2 nitrogen and oxygen atoms in total. The summed E-state index contributed by atoms with van der Waals surface area (Å²) in [5.74, 6) is 2.07. The molecule has 0 radical (unpaired) electrons. The van der Waals surface area contributed by atoms with Gasteiger partial charge in [0, 0.05) is 16.7 Å². The van der Waals surface area contributed by atoms with Crippen molar-refractivity contribution in [2.24, 2.45) is 17.3 Å². The van der Waals surface area contributed by atoms with Gasteiger partial charge in [0.25, 0.3) is 0 Å². The predicted octanol–water partition coefficient (Wildman–Crippen LogP) is 6.92. The number of fused-ring (bicyclic) bond motifs is 5. The first kappa shape index (κ1) is 17.9. The Bertz CT molecular complexity index is 1350. The molecule has 7 rings (SSSR count). The third kappa shape index (κ3) is 2.04. The van der Waals surface area contributed by atoms with Crippen LogP contribution in [0, 0.1) is 17.3 Å². The van der Waals surface area contributed by atoms with E-state index in [1.807, 2.05) is 0 Å². The summed E-state index contributed by atoms with van der Waals surface area (Å²) in [5, 5.41) is 2.19. The average Bonchev–Trinajstić information content (AvgIpc) is 3.06. The van der Waals surface area contributed by atoms with Gasteiger partial charge in [-0.25, -0.2) is 9.97 Å². The molecule has 3 heteroatoms. The summed E-state index contributed by atoms with van der Waals surface area (Å²) in [6, 6.07) is 21.3. The Kier molecular flexibility index (Phi) is 3.29. The molecule has 2 heterocycles. The van der Waals surface area contributed by atoms with E-state index in [-0.39, 0.29) is 5.41 Å². The zero-order chi connectivity index (χ0) is 21.0. The van der Waals surface area contributed by atoms with E-state index in [0.29, 0.717) is 17.3 Å². The molecular weight excluding hydrogens is 396 g/mol. The molecule has 0 bridgehead atoms. The van der Waals surface area contributed by atoms with Gasteiger partial charge in [0.1, 0.15) is 11.0 Å². The number of hydrogen-bond acceptors (Lipinski definition) is 3. The Balaban J connectivity index is 1.41. The lowest BCUT2D eigenvalue weighted by molar-refractivity contribution is 0.0535. The lowest BCUT2D eigenvalue weighted by Gasteiger charge is -2.50. The van der Waals surface area contributed by atoms with E-state index in [4.69, 9.17) is 9.97 Å². The van der Waals surface area contributed by atoms with Crippen LogP contribution < -0.4 is 0 Å². The summed E-state index contributed by atoms with van der Waals surface area (Å²) in [7, 11) is 0. The van der Waals surface area contributed by atoms with Crippen LogP contribution in [0.1, 0.15) is 54.1 Å². The first-order chi connectivity index (χ1) is 15.0. The van der Waals surface area contributed by atoms with Gasteiger partial charge in [0.15, 0.2) is 0 Å². The molecule has 3 aliphatic carbocycles. The smallest absolute Gasteiger partial charge is 0.107 e. The van der Waals surface area contributed by atoms with Crippen molar-refractivity contribution in [2.75, 3.05) is 0 Å². The second-order valence-electron chi connectivity index (χ2n) is 9.91. The Morgan fingerprint density at radius 3 is 2.23 bits per heavy atom. The minimum Gasteiger partial charge on any atom is -0.248 e. The van der Waals surface area contributed by atoms with Crippen molar-refractivity contribution < 1.29 is 0 Å². The zero-order valence-electron chi connectivity index (χ0n) is 18.0. The average molecular weight is 421 g/mol. The van der Waals surface area contributed by atoms with Crippen molar-refractivity contribution >= 4 is 34.0 Å². The first-order valence-electron chi connectivity index (χ1n) is 11.2. The van der Waals surface area contributed by atoms with E-state index in [9.17, 15) is 0 Å². The van der Waals surface area contributed by atoms with E-state index in [2.05, 4.69) is 92.9 Å². The maximum atomic E-state index is 5.31. The lowest BCUT2D eigenvalue weighted by atomic mass is 9.53. The van der Waals surface area contributed by atoms with Crippen molar-refractivity contribution in [3.8, 4) is 0 Å². The Labute approximate surface area is 186 Å². The molecule has 2 saturated carbocycles. The summed E-state index contributed by atoms with van der Waals surface area (Å²) < 4.78 is 0. The fraction of sp³-hybridized carbons (Fsp3) is 0.286. The molecule has 0 amide bonds. The van der Waals surface area contributed by atoms with Crippen molar-refractivity contribution in [3.63, 3.8) is 0 Å². The maximum Gasteiger partial charge on any atom is 0.107 e. The van der Waals surface area contributed by atoms with Crippen molar-refractivity contribution in [1.82, 2.24) is 9.97 Å². The molecule has 0 saturated heterocycles. The largest absolute Gasteiger partial charge is 0.248 e. The summed E-state index contributed by atoms with van der Waals surface area (Å²) in [6.07, 6.45) is 2.31. The molecule has 4 aromatic rings. The summed E-state index contributed by atoms with van der Waals surface area (Å²) in [4.78, 5) is 11.7. The second-order valence-corrected chi connectivity index (χ2v) is 10.8. The minimum absolute atomic E-state index is 0.209. The number of hydrogen-bond donors (Lipinski definition) is 0. The molecular formula is C28H24N2S. The van der Waals surface area contributed by atoms with E-state index in [1.54, 1.807) is 11.3 Å². The van der Waals surface area contributed by atoms with Crippen LogP contribution in [0.15, 0.2) is 66.0 Å². The third-order valence-electron chi connectivity index (χ3n) is 8.77. The van der Waals surface area contributed by atoms with E-state index < -0.39 is 0 Å². The van der Waals surface area contributed by atoms with Crippen molar-refractivity contribution in [2.45, 2.75) is 32.1 Å². The van der Waals surface area contributed by atoms with Crippen LogP contribution in [0.3, 0.4) is 0 Å². The summed E-state index contributed by atoms with van der Waals surface area (Å²) in [5.41, 5.74) is 9.05. The van der Waals surface area contributed by atoms with Crippen LogP contribution in [-0.2, 0) is 5.41 Å². The molecule has 0 spiro atoms. The normalized spacial score (nSPS) is 31.6. The number of thiophene rings is 1. The van der Waals surface area contributed by atoms with Crippen LogP contribution in [0.4, 0.5) is 0 Å². The van der Waals surface area contributed by atoms with Crippen LogP contribution in [-0.4, -0.2) is 9.97 Å². The third-order valence-corrected chi connectivity index (χ3v) is 9.68. The highest BCUT2D eigenvalue weighted by atomic mass is 32.1. The molecule has 0 aliphatic heterocycles. The van der Waals surface area contributed by atoms with Crippen LogP contribution in [0.5, 0.6) is 0 Å². The van der Waals surface area contributed by atoms with Crippen molar-refractivity contribution in [1.29, 1.82) is 0 Å². The van der Waals surface area contributed by atoms with Gasteiger partial charge in [-0.1, -0.05) is 81.4 Å². The number of benzene rings is 2. The molecule has 152 valence electrons. The molecule has 31 heavy (non-hydrogen) atoms. The first-order valence-corrected chi connectivity index (χ1v) is 12.0. The molecule has 5 unspecified atom stereocenters. The van der Waals surface area contributed by atoms with Gasteiger partial charge in [0.2, 0.25) is 0 Å². The second kappa shape index (κ2) is 5.72. The van der Waals surface area contributed by atoms with Gasteiger partial charge >= 0.3 is 0 Å². The van der Waals surface area contributed by atoms with Gasteiger partial charge in [-0.2, -0.15) is 0 Å².